The molecule has 0 amide bonds. The molecule has 0 saturated heterocycles. The Labute approximate surface area is 133 Å². The lowest BCUT2D eigenvalue weighted by Crippen LogP contribution is -1.98. The minimum absolute atomic E-state index is 1.18. The third-order valence-electron chi connectivity index (χ3n) is 4.65. The molecule has 0 aliphatic heterocycles. The van der Waals surface area contributed by atoms with Crippen LogP contribution >= 0.6 is 0 Å². The summed E-state index contributed by atoms with van der Waals surface area (Å²) in [5.41, 5.74) is 4.80. The highest BCUT2D eigenvalue weighted by atomic mass is 14.1. The molecule has 1 rings (SSSR count). The predicted octanol–water partition coefficient (Wildman–Crippen LogP) is 6.88. The van der Waals surface area contributed by atoms with E-state index in [2.05, 4.69) is 39.0 Å². The number of hydrogen-bond donors (Lipinski definition) is 0. The first-order valence-electron chi connectivity index (χ1n) is 9.43. The second-order valence-corrected chi connectivity index (χ2v) is 6.34. The maximum atomic E-state index is 2.35. The van der Waals surface area contributed by atoms with Crippen LogP contribution in [0.4, 0.5) is 0 Å². The van der Waals surface area contributed by atoms with Crippen LogP contribution in [0.3, 0.4) is 0 Å². The fourth-order valence-corrected chi connectivity index (χ4v) is 3.33. The number of hydrogen-bond acceptors (Lipinski definition) is 0. The topological polar surface area (TPSA) is 0 Å². The summed E-state index contributed by atoms with van der Waals surface area (Å²) in [6.07, 6.45) is 16.4. The Bertz CT molecular complexity index is 364. The number of benzene rings is 1. The van der Waals surface area contributed by atoms with Crippen molar-refractivity contribution in [1.29, 1.82) is 0 Å². The van der Waals surface area contributed by atoms with Crippen LogP contribution in [-0.4, -0.2) is 0 Å². The second-order valence-electron chi connectivity index (χ2n) is 6.34. The molecule has 0 bridgehead atoms. The Morgan fingerprint density at radius 1 is 0.619 bits per heavy atom. The largest absolute Gasteiger partial charge is 0.0654 e. The molecule has 0 unspecified atom stereocenters. The van der Waals surface area contributed by atoms with Gasteiger partial charge in [-0.3, -0.25) is 0 Å². The van der Waals surface area contributed by atoms with Crippen LogP contribution in [0.1, 0.15) is 95.2 Å². The molecular formula is C21H36. The zero-order valence-corrected chi connectivity index (χ0v) is 14.7. The van der Waals surface area contributed by atoms with E-state index >= 15 is 0 Å². The van der Waals surface area contributed by atoms with E-state index in [9.17, 15) is 0 Å². The molecule has 0 N–H and O–H groups in total. The first kappa shape index (κ1) is 18.3. The monoisotopic (exact) mass is 288 g/mol. The van der Waals surface area contributed by atoms with Gasteiger partial charge in [-0.05, 0) is 42.4 Å². The minimum Gasteiger partial charge on any atom is -0.0654 e. The molecule has 1 aromatic rings. The Morgan fingerprint density at radius 2 is 1.19 bits per heavy atom. The molecule has 0 saturated carbocycles. The third-order valence-corrected chi connectivity index (χ3v) is 4.65. The maximum absolute atomic E-state index is 2.35. The molecular weight excluding hydrogens is 252 g/mol. The molecule has 0 aromatic heterocycles. The standard InChI is InChI=1S/C21H36/c1-4-7-8-9-10-11-12-13-14-16-20-18-15-17-19(5-2)21(20)6-3/h15,17-18H,4-14,16H2,1-3H3. The van der Waals surface area contributed by atoms with E-state index in [1.54, 1.807) is 16.7 Å². The van der Waals surface area contributed by atoms with E-state index in [0.717, 1.165) is 0 Å². The summed E-state index contributed by atoms with van der Waals surface area (Å²) in [5.74, 6) is 0. The van der Waals surface area contributed by atoms with Crippen molar-refractivity contribution < 1.29 is 0 Å². The van der Waals surface area contributed by atoms with E-state index in [1.165, 1.54) is 77.0 Å². The van der Waals surface area contributed by atoms with Crippen LogP contribution in [0.25, 0.3) is 0 Å². The quantitative estimate of drug-likeness (QED) is 0.367. The smallest absolute Gasteiger partial charge is 0.0276 e. The van der Waals surface area contributed by atoms with E-state index in [0.29, 0.717) is 0 Å². The summed E-state index contributed by atoms with van der Waals surface area (Å²) in [4.78, 5) is 0. The van der Waals surface area contributed by atoms with Gasteiger partial charge >= 0.3 is 0 Å². The van der Waals surface area contributed by atoms with E-state index in [4.69, 9.17) is 0 Å². The van der Waals surface area contributed by atoms with Crippen molar-refractivity contribution in [2.75, 3.05) is 0 Å². The van der Waals surface area contributed by atoms with Crippen molar-refractivity contribution in [1.82, 2.24) is 0 Å². The van der Waals surface area contributed by atoms with Gasteiger partial charge in [0.25, 0.3) is 0 Å². The lowest BCUT2D eigenvalue weighted by molar-refractivity contribution is 0.564. The molecule has 120 valence electrons. The van der Waals surface area contributed by atoms with Gasteiger partial charge in [0, 0.05) is 0 Å². The predicted molar refractivity (Wildman–Crippen MR) is 96.1 cm³/mol. The van der Waals surface area contributed by atoms with E-state index in [1.807, 2.05) is 0 Å². The van der Waals surface area contributed by atoms with Gasteiger partial charge in [0.1, 0.15) is 0 Å². The highest BCUT2D eigenvalue weighted by Crippen LogP contribution is 2.19. The summed E-state index contributed by atoms with van der Waals surface area (Å²) in [6, 6.07) is 6.91. The molecule has 0 aliphatic carbocycles. The van der Waals surface area contributed by atoms with Gasteiger partial charge in [0.05, 0.1) is 0 Å². The lowest BCUT2D eigenvalue weighted by Gasteiger charge is -2.12. The Balaban J connectivity index is 2.18. The summed E-state index contributed by atoms with van der Waals surface area (Å²) in [7, 11) is 0. The second kappa shape index (κ2) is 11.8. The van der Waals surface area contributed by atoms with Gasteiger partial charge in [-0.1, -0.05) is 90.3 Å². The SMILES string of the molecule is CCCCCCCCCCCc1cccc(CC)c1CC. The molecule has 21 heavy (non-hydrogen) atoms. The van der Waals surface area contributed by atoms with Crippen LogP contribution in [0.5, 0.6) is 0 Å². The van der Waals surface area contributed by atoms with Gasteiger partial charge < -0.3 is 0 Å². The van der Waals surface area contributed by atoms with Crippen molar-refractivity contribution in [2.45, 2.75) is 97.8 Å². The third kappa shape index (κ3) is 7.16. The fourth-order valence-electron chi connectivity index (χ4n) is 3.33. The number of unbranched alkanes of at least 4 members (excludes halogenated alkanes) is 8. The van der Waals surface area contributed by atoms with Crippen molar-refractivity contribution in [3.8, 4) is 0 Å². The summed E-state index contributed by atoms with van der Waals surface area (Å²) >= 11 is 0. The Morgan fingerprint density at radius 3 is 1.76 bits per heavy atom. The molecule has 0 radical (unpaired) electrons. The van der Waals surface area contributed by atoms with Crippen molar-refractivity contribution in [3.05, 3.63) is 34.9 Å². The first-order valence-corrected chi connectivity index (χ1v) is 9.43. The molecule has 0 heteroatoms. The van der Waals surface area contributed by atoms with Crippen molar-refractivity contribution in [2.24, 2.45) is 0 Å². The molecule has 0 atom stereocenters. The van der Waals surface area contributed by atoms with Gasteiger partial charge in [0.15, 0.2) is 0 Å². The highest BCUT2D eigenvalue weighted by Gasteiger charge is 2.05. The Hall–Kier alpha value is -0.780. The normalized spacial score (nSPS) is 11.0. The van der Waals surface area contributed by atoms with Crippen LogP contribution in [0, 0.1) is 0 Å². The first-order chi connectivity index (χ1) is 10.3. The lowest BCUT2D eigenvalue weighted by atomic mass is 9.93. The van der Waals surface area contributed by atoms with Crippen LogP contribution in [0.15, 0.2) is 18.2 Å². The zero-order valence-electron chi connectivity index (χ0n) is 14.7. The number of aryl methyl sites for hydroxylation is 2. The Kier molecular flexibility index (Phi) is 10.3. The summed E-state index contributed by atoms with van der Waals surface area (Å²) in [6.45, 7) is 6.86. The van der Waals surface area contributed by atoms with Gasteiger partial charge in [0.2, 0.25) is 0 Å². The highest BCUT2D eigenvalue weighted by molar-refractivity contribution is 5.35. The zero-order chi connectivity index (χ0) is 15.3. The molecule has 0 spiro atoms. The van der Waals surface area contributed by atoms with Crippen molar-refractivity contribution in [3.63, 3.8) is 0 Å². The molecule has 0 heterocycles. The van der Waals surface area contributed by atoms with E-state index in [-0.39, 0.29) is 0 Å². The fraction of sp³-hybridized carbons (Fsp3) is 0.714. The van der Waals surface area contributed by atoms with Gasteiger partial charge in [-0.15, -0.1) is 0 Å². The molecule has 1 aromatic carbocycles. The minimum atomic E-state index is 1.18. The summed E-state index contributed by atoms with van der Waals surface area (Å²) < 4.78 is 0. The summed E-state index contributed by atoms with van der Waals surface area (Å²) in [5, 5.41) is 0. The number of rotatable bonds is 12. The van der Waals surface area contributed by atoms with Crippen LogP contribution in [0.2, 0.25) is 0 Å². The molecule has 0 aliphatic rings. The average Bonchev–Trinajstić information content (AvgIpc) is 2.52. The molecule has 0 nitrogen and oxygen atoms in total. The van der Waals surface area contributed by atoms with Crippen molar-refractivity contribution >= 4 is 0 Å². The van der Waals surface area contributed by atoms with Gasteiger partial charge in [-0.2, -0.15) is 0 Å². The van der Waals surface area contributed by atoms with Crippen LogP contribution in [-0.2, 0) is 19.3 Å². The van der Waals surface area contributed by atoms with Crippen LogP contribution < -0.4 is 0 Å². The average molecular weight is 289 g/mol. The van der Waals surface area contributed by atoms with Gasteiger partial charge in [-0.25, -0.2) is 0 Å². The maximum Gasteiger partial charge on any atom is -0.0276 e. The molecule has 0 fully saturated rings. The van der Waals surface area contributed by atoms with E-state index < -0.39 is 0 Å².